The Kier molecular flexibility index (Phi) is 5.61. The molecule has 1 aliphatic carbocycles. The summed E-state index contributed by atoms with van der Waals surface area (Å²) in [5, 5.41) is 13.9. The molecule has 6 heteroatoms. The maximum Gasteiger partial charge on any atom is 0.269 e. The van der Waals surface area contributed by atoms with Gasteiger partial charge in [0.25, 0.3) is 5.69 Å². The van der Waals surface area contributed by atoms with Crippen molar-refractivity contribution in [1.82, 2.24) is 5.32 Å². The summed E-state index contributed by atoms with van der Waals surface area (Å²) in [5.41, 5.74) is 0.971. The van der Waals surface area contributed by atoms with E-state index in [1.54, 1.807) is 12.1 Å². The molecule has 1 amide bonds. The van der Waals surface area contributed by atoms with Crippen molar-refractivity contribution in [2.75, 3.05) is 5.75 Å². The van der Waals surface area contributed by atoms with Crippen LogP contribution in [0.1, 0.15) is 43.4 Å². The predicted molar refractivity (Wildman–Crippen MR) is 84.4 cm³/mol. The van der Waals surface area contributed by atoms with Gasteiger partial charge in [-0.25, -0.2) is 0 Å². The van der Waals surface area contributed by atoms with E-state index in [9.17, 15) is 14.9 Å². The zero-order valence-corrected chi connectivity index (χ0v) is 12.9. The summed E-state index contributed by atoms with van der Waals surface area (Å²) in [6.45, 7) is 1.96. The SMILES string of the molecule is CC(SCC(=O)NC1CCCC1)c1cccc([N+](=O)[O-])c1. The molecule has 2 rings (SSSR count). The van der Waals surface area contributed by atoms with Crippen LogP contribution < -0.4 is 5.32 Å². The third-order valence-corrected chi connectivity index (χ3v) is 4.94. The van der Waals surface area contributed by atoms with Crippen molar-refractivity contribution in [2.45, 2.75) is 43.9 Å². The third-order valence-electron chi connectivity index (χ3n) is 3.74. The Morgan fingerprint density at radius 3 is 2.86 bits per heavy atom. The van der Waals surface area contributed by atoms with E-state index in [4.69, 9.17) is 0 Å². The molecule has 1 saturated carbocycles. The van der Waals surface area contributed by atoms with Gasteiger partial charge < -0.3 is 5.32 Å². The van der Waals surface area contributed by atoms with Crippen molar-refractivity contribution in [3.63, 3.8) is 0 Å². The minimum atomic E-state index is -0.395. The van der Waals surface area contributed by atoms with Crippen LogP contribution in [0, 0.1) is 10.1 Å². The number of nitro benzene ring substituents is 1. The zero-order valence-electron chi connectivity index (χ0n) is 12.1. The number of benzene rings is 1. The molecule has 0 spiro atoms. The number of non-ortho nitro benzene ring substituents is 1. The average Bonchev–Trinajstić information content (AvgIpc) is 2.97. The topological polar surface area (TPSA) is 72.2 Å². The summed E-state index contributed by atoms with van der Waals surface area (Å²) >= 11 is 1.51. The lowest BCUT2D eigenvalue weighted by atomic mass is 10.1. The van der Waals surface area contributed by atoms with Crippen LogP contribution in [0.4, 0.5) is 5.69 Å². The summed E-state index contributed by atoms with van der Waals surface area (Å²) in [6, 6.07) is 6.94. The highest BCUT2D eigenvalue weighted by molar-refractivity contribution is 8.00. The van der Waals surface area contributed by atoms with E-state index in [0.717, 1.165) is 18.4 Å². The van der Waals surface area contributed by atoms with Gasteiger partial charge in [0.15, 0.2) is 0 Å². The Hall–Kier alpha value is -1.56. The Balaban J connectivity index is 1.83. The number of nitrogens with one attached hydrogen (secondary N) is 1. The Morgan fingerprint density at radius 1 is 1.48 bits per heavy atom. The number of nitrogens with zero attached hydrogens (tertiary/aromatic N) is 1. The molecule has 1 aliphatic rings. The molecule has 1 atom stereocenters. The molecule has 5 nitrogen and oxygen atoms in total. The minimum absolute atomic E-state index is 0.0548. The first-order valence-corrected chi connectivity index (χ1v) is 8.26. The number of hydrogen-bond donors (Lipinski definition) is 1. The molecule has 1 aromatic carbocycles. The molecule has 0 heterocycles. The number of hydrogen-bond acceptors (Lipinski definition) is 4. The fourth-order valence-corrected chi connectivity index (χ4v) is 3.35. The summed E-state index contributed by atoms with van der Waals surface area (Å²) in [4.78, 5) is 22.2. The van der Waals surface area contributed by atoms with Gasteiger partial charge in [-0.2, -0.15) is 0 Å². The second-order valence-electron chi connectivity index (χ2n) is 5.35. The van der Waals surface area contributed by atoms with Crippen LogP contribution in [0.5, 0.6) is 0 Å². The lowest BCUT2D eigenvalue weighted by molar-refractivity contribution is -0.384. The fraction of sp³-hybridized carbons (Fsp3) is 0.533. The molecule has 1 unspecified atom stereocenters. The summed E-state index contributed by atoms with van der Waals surface area (Å²) in [5.74, 6) is 0.449. The van der Waals surface area contributed by atoms with Crippen molar-refractivity contribution in [3.05, 3.63) is 39.9 Å². The van der Waals surface area contributed by atoms with Crippen LogP contribution in [0.3, 0.4) is 0 Å². The van der Waals surface area contributed by atoms with E-state index in [-0.39, 0.29) is 16.8 Å². The number of amides is 1. The van der Waals surface area contributed by atoms with Gasteiger partial charge in [-0.1, -0.05) is 25.0 Å². The van der Waals surface area contributed by atoms with Crippen LogP contribution in [0.25, 0.3) is 0 Å². The average molecular weight is 308 g/mol. The van der Waals surface area contributed by atoms with E-state index >= 15 is 0 Å². The molecule has 21 heavy (non-hydrogen) atoms. The molecule has 114 valence electrons. The zero-order chi connectivity index (χ0) is 15.2. The second kappa shape index (κ2) is 7.45. The fourth-order valence-electron chi connectivity index (χ4n) is 2.53. The highest BCUT2D eigenvalue weighted by atomic mass is 32.2. The maximum absolute atomic E-state index is 11.9. The van der Waals surface area contributed by atoms with Gasteiger partial charge in [-0.15, -0.1) is 11.8 Å². The van der Waals surface area contributed by atoms with E-state index in [1.165, 1.54) is 30.7 Å². The van der Waals surface area contributed by atoms with Crippen molar-refractivity contribution in [1.29, 1.82) is 0 Å². The number of nitro groups is 1. The molecule has 1 N–H and O–H groups in total. The number of rotatable bonds is 6. The maximum atomic E-state index is 11.9. The lowest BCUT2D eigenvalue weighted by Gasteiger charge is -2.14. The van der Waals surface area contributed by atoms with Crippen LogP contribution >= 0.6 is 11.8 Å². The van der Waals surface area contributed by atoms with Crippen molar-refractivity contribution < 1.29 is 9.72 Å². The van der Waals surface area contributed by atoms with Crippen molar-refractivity contribution in [3.8, 4) is 0 Å². The Bertz CT molecular complexity index is 515. The standard InChI is InChI=1S/C15H20N2O3S/c1-11(12-5-4-8-14(9-12)17(19)20)21-10-15(18)16-13-6-2-3-7-13/h4-5,8-9,11,13H,2-3,6-7,10H2,1H3,(H,16,18). The van der Waals surface area contributed by atoms with Gasteiger partial charge in [-0.05, 0) is 25.3 Å². The number of carbonyl (C=O) groups excluding carboxylic acids is 1. The molecule has 0 saturated heterocycles. The molecule has 0 aliphatic heterocycles. The third kappa shape index (κ3) is 4.74. The van der Waals surface area contributed by atoms with Gasteiger partial charge in [0.2, 0.25) is 5.91 Å². The van der Waals surface area contributed by atoms with Gasteiger partial charge in [-0.3, -0.25) is 14.9 Å². The molecular weight excluding hydrogens is 288 g/mol. The number of thioether (sulfide) groups is 1. The summed E-state index contributed by atoms with van der Waals surface area (Å²) in [6.07, 6.45) is 4.55. The highest BCUT2D eigenvalue weighted by Crippen LogP contribution is 2.30. The van der Waals surface area contributed by atoms with Crippen LogP contribution in [-0.4, -0.2) is 22.6 Å². The predicted octanol–water partition coefficient (Wildman–Crippen LogP) is 3.45. The quantitative estimate of drug-likeness (QED) is 0.645. The van der Waals surface area contributed by atoms with Crippen LogP contribution in [0.2, 0.25) is 0 Å². The molecule has 1 aromatic rings. The normalized spacial score (nSPS) is 16.6. The molecule has 1 fully saturated rings. The Morgan fingerprint density at radius 2 is 2.19 bits per heavy atom. The van der Waals surface area contributed by atoms with E-state index in [0.29, 0.717) is 11.8 Å². The summed E-state index contributed by atoms with van der Waals surface area (Å²) in [7, 11) is 0. The monoisotopic (exact) mass is 308 g/mol. The van der Waals surface area contributed by atoms with Crippen molar-refractivity contribution in [2.24, 2.45) is 0 Å². The smallest absolute Gasteiger partial charge is 0.269 e. The van der Waals surface area contributed by atoms with E-state index in [1.807, 2.05) is 13.0 Å². The van der Waals surface area contributed by atoms with Gasteiger partial charge in [0.05, 0.1) is 10.7 Å². The first-order valence-electron chi connectivity index (χ1n) is 7.21. The molecule has 0 aromatic heterocycles. The van der Waals surface area contributed by atoms with Crippen molar-refractivity contribution >= 4 is 23.4 Å². The van der Waals surface area contributed by atoms with E-state index < -0.39 is 4.92 Å². The van der Waals surface area contributed by atoms with Crippen LogP contribution in [-0.2, 0) is 4.79 Å². The minimum Gasteiger partial charge on any atom is -0.353 e. The van der Waals surface area contributed by atoms with Crippen LogP contribution in [0.15, 0.2) is 24.3 Å². The summed E-state index contributed by atoms with van der Waals surface area (Å²) < 4.78 is 0. The largest absolute Gasteiger partial charge is 0.353 e. The van der Waals surface area contributed by atoms with Gasteiger partial charge in [0, 0.05) is 23.4 Å². The number of carbonyl (C=O) groups is 1. The first kappa shape index (κ1) is 15.8. The lowest BCUT2D eigenvalue weighted by Crippen LogP contribution is -2.33. The van der Waals surface area contributed by atoms with E-state index in [2.05, 4.69) is 5.32 Å². The molecule has 0 radical (unpaired) electrons. The molecular formula is C15H20N2O3S. The Labute approximate surface area is 128 Å². The highest BCUT2D eigenvalue weighted by Gasteiger charge is 2.18. The van der Waals surface area contributed by atoms with Gasteiger partial charge >= 0.3 is 0 Å². The first-order chi connectivity index (χ1) is 10.1. The van der Waals surface area contributed by atoms with Gasteiger partial charge in [0.1, 0.15) is 0 Å². The second-order valence-corrected chi connectivity index (χ2v) is 6.68. The molecule has 0 bridgehead atoms.